The van der Waals surface area contributed by atoms with Gasteiger partial charge in [0.25, 0.3) is 0 Å². The predicted molar refractivity (Wildman–Crippen MR) is 77.3 cm³/mol. The molecule has 0 aliphatic carbocycles. The van der Waals surface area contributed by atoms with E-state index >= 15 is 0 Å². The van der Waals surface area contributed by atoms with E-state index in [1.807, 2.05) is 0 Å². The smallest absolute Gasteiger partial charge is 0.273 e. The highest BCUT2D eigenvalue weighted by Gasteiger charge is 2.30. The maximum atomic E-state index is 12.7. The molecule has 0 saturated heterocycles. The maximum Gasteiger partial charge on any atom is 0.416 e. The second-order valence-electron chi connectivity index (χ2n) is 4.72. The summed E-state index contributed by atoms with van der Waals surface area (Å²) >= 11 is 0. The van der Waals surface area contributed by atoms with E-state index in [4.69, 9.17) is 0 Å². The van der Waals surface area contributed by atoms with Crippen molar-refractivity contribution >= 4 is 12.1 Å². The van der Waals surface area contributed by atoms with Crippen LogP contribution in [-0.4, -0.2) is 12.1 Å². The summed E-state index contributed by atoms with van der Waals surface area (Å²) in [5.74, 6) is -0.864. The van der Waals surface area contributed by atoms with E-state index in [-0.39, 0.29) is 12.0 Å². The summed E-state index contributed by atoms with van der Waals surface area (Å²) in [5, 5.41) is 3.61. The zero-order valence-electron chi connectivity index (χ0n) is 11.8. The van der Waals surface area contributed by atoms with Crippen LogP contribution in [0.4, 0.5) is 17.6 Å². The number of benzene rings is 2. The molecule has 120 valence electrons. The highest BCUT2D eigenvalue weighted by atomic mass is 19.4. The molecule has 0 spiro atoms. The third-order valence-corrected chi connectivity index (χ3v) is 2.89. The van der Waals surface area contributed by atoms with Gasteiger partial charge in [-0.05, 0) is 35.4 Å². The molecule has 0 unspecified atom stereocenters. The van der Waals surface area contributed by atoms with Gasteiger partial charge in [0.05, 0.1) is 18.2 Å². The van der Waals surface area contributed by atoms with Gasteiger partial charge in [-0.2, -0.15) is 18.3 Å². The van der Waals surface area contributed by atoms with Crippen molar-refractivity contribution in [2.45, 2.75) is 12.6 Å². The van der Waals surface area contributed by atoms with E-state index < -0.39 is 23.5 Å². The Labute approximate surface area is 129 Å². The minimum Gasteiger partial charge on any atom is -0.273 e. The quantitative estimate of drug-likeness (QED) is 0.522. The van der Waals surface area contributed by atoms with Crippen molar-refractivity contribution in [3.8, 4) is 0 Å². The Morgan fingerprint density at radius 2 is 1.83 bits per heavy atom. The Kier molecular flexibility index (Phi) is 5.10. The zero-order chi connectivity index (χ0) is 16.9. The third kappa shape index (κ3) is 5.21. The molecule has 0 atom stereocenters. The van der Waals surface area contributed by atoms with Gasteiger partial charge in [-0.1, -0.05) is 24.3 Å². The first-order valence-corrected chi connectivity index (χ1v) is 6.58. The summed E-state index contributed by atoms with van der Waals surface area (Å²) in [7, 11) is 0. The molecule has 0 aliphatic heterocycles. The molecule has 2 rings (SSSR count). The molecule has 2 aromatic rings. The van der Waals surface area contributed by atoms with Crippen LogP contribution in [0.1, 0.15) is 16.7 Å². The van der Waals surface area contributed by atoms with Gasteiger partial charge in [-0.15, -0.1) is 0 Å². The Balaban J connectivity index is 1.93. The summed E-state index contributed by atoms with van der Waals surface area (Å²) in [6.07, 6.45) is -3.33. The number of amides is 1. The average molecular weight is 324 g/mol. The third-order valence-electron chi connectivity index (χ3n) is 2.89. The molecular formula is C16H12F4N2O. The van der Waals surface area contributed by atoms with Crippen molar-refractivity contribution in [3.63, 3.8) is 0 Å². The van der Waals surface area contributed by atoms with E-state index in [1.54, 1.807) is 0 Å². The molecule has 1 amide bonds. The minimum absolute atomic E-state index is 0.0137. The van der Waals surface area contributed by atoms with Gasteiger partial charge in [0.1, 0.15) is 5.82 Å². The van der Waals surface area contributed by atoms with Crippen molar-refractivity contribution in [2.75, 3.05) is 0 Å². The predicted octanol–water partition coefficient (Wildman–Crippen LogP) is 3.54. The first-order chi connectivity index (χ1) is 10.8. The van der Waals surface area contributed by atoms with Crippen molar-refractivity contribution in [3.05, 3.63) is 71.0 Å². The van der Waals surface area contributed by atoms with Gasteiger partial charge in [-0.3, -0.25) is 4.79 Å². The topological polar surface area (TPSA) is 41.5 Å². The average Bonchev–Trinajstić information content (AvgIpc) is 2.49. The van der Waals surface area contributed by atoms with Gasteiger partial charge in [0.2, 0.25) is 5.91 Å². The second-order valence-corrected chi connectivity index (χ2v) is 4.72. The number of halogens is 4. The standard InChI is InChI=1S/C16H12F4N2O/c17-14-6-4-11(5-7-14)9-15(23)22-21-10-12-2-1-3-13(8-12)16(18,19)20/h1-8,10H,9H2,(H,22,23)/b21-10+. The van der Waals surface area contributed by atoms with E-state index in [1.165, 1.54) is 36.4 Å². The fraction of sp³-hybridized carbons (Fsp3) is 0.125. The Morgan fingerprint density at radius 3 is 2.48 bits per heavy atom. The number of rotatable bonds is 4. The van der Waals surface area contributed by atoms with Crippen molar-refractivity contribution in [1.82, 2.24) is 5.43 Å². The Morgan fingerprint density at radius 1 is 1.13 bits per heavy atom. The van der Waals surface area contributed by atoms with E-state index in [9.17, 15) is 22.4 Å². The number of nitrogens with one attached hydrogen (secondary N) is 1. The number of carbonyl (C=O) groups is 1. The first kappa shape index (κ1) is 16.7. The molecular weight excluding hydrogens is 312 g/mol. The number of hydrazone groups is 1. The lowest BCUT2D eigenvalue weighted by Gasteiger charge is -2.06. The maximum absolute atomic E-state index is 12.7. The molecule has 2 aromatic carbocycles. The van der Waals surface area contributed by atoms with Gasteiger partial charge < -0.3 is 0 Å². The number of carbonyl (C=O) groups excluding carboxylic acids is 1. The van der Waals surface area contributed by atoms with E-state index in [0.29, 0.717) is 5.56 Å². The molecule has 0 saturated carbocycles. The highest BCUT2D eigenvalue weighted by molar-refractivity contribution is 5.83. The van der Waals surface area contributed by atoms with Crippen LogP contribution in [0.25, 0.3) is 0 Å². The van der Waals surface area contributed by atoms with Crippen LogP contribution < -0.4 is 5.43 Å². The summed E-state index contributed by atoms with van der Waals surface area (Å²) in [6, 6.07) is 9.95. The number of alkyl halides is 3. The molecule has 0 fully saturated rings. The van der Waals surface area contributed by atoms with Gasteiger partial charge in [0, 0.05) is 0 Å². The Bertz CT molecular complexity index is 709. The zero-order valence-corrected chi connectivity index (χ0v) is 11.8. The van der Waals surface area contributed by atoms with Crippen LogP contribution in [-0.2, 0) is 17.4 Å². The molecule has 7 heteroatoms. The van der Waals surface area contributed by atoms with Gasteiger partial charge >= 0.3 is 6.18 Å². The molecule has 23 heavy (non-hydrogen) atoms. The normalized spacial score (nSPS) is 11.7. The summed E-state index contributed by atoms with van der Waals surface area (Å²) in [4.78, 5) is 11.6. The lowest BCUT2D eigenvalue weighted by atomic mass is 10.1. The fourth-order valence-corrected chi connectivity index (χ4v) is 1.80. The lowest BCUT2D eigenvalue weighted by Crippen LogP contribution is -2.19. The van der Waals surface area contributed by atoms with Gasteiger partial charge in [-0.25, -0.2) is 9.82 Å². The lowest BCUT2D eigenvalue weighted by molar-refractivity contribution is -0.137. The molecule has 1 N–H and O–H groups in total. The number of hydrogen-bond acceptors (Lipinski definition) is 2. The minimum atomic E-state index is -4.43. The van der Waals surface area contributed by atoms with E-state index in [0.717, 1.165) is 18.3 Å². The SMILES string of the molecule is O=C(Cc1ccc(F)cc1)N/N=C/c1cccc(C(F)(F)F)c1. The first-order valence-electron chi connectivity index (χ1n) is 6.58. The summed E-state index contributed by atoms with van der Waals surface area (Å²) in [5.41, 5.74) is 2.22. The summed E-state index contributed by atoms with van der Waals surface area (Å²) in [6.45, 7) is 0. The van der Waals surface area contributed by atoms with Crippen LogP contribution in [0.15, 0.2) is 53.6 Å². The van der Waals surface area contributed by atoms with Crippen LogP contribution in [0.2, 0.25) is 0 Å². The Hall–Kier alpha value is -2.70. The molecule has 0 heterocycles. The summed E-state index contributed by atoms with van der Waals surface area (Å²) < 4.78 is 50.4. The van der Waals surface area contributed by atoms with Crippen LogP contribution in [0, 0.1) is 5.82 Å². The van der Waals surface area contributed by atoms with Crippen molar-refractivity contribution in [2.24, 2.45) is 5.10 Å². The number of hydrogen-bond donors (Lipinski definition) is 1. The molecule has 0 aromatic heterocycles. The number of nitrogens with zero attached hydrogens (tertiary/aromatic N) is 1. The molecule has 0 bridgehead atoms. The van der Waals surface area contributed by atoms with Crippen LogP contribution >= 0.6 is 0 Å². The monoisotopic (exact) mass is 324 g/mol. The second kappa shape index (κ2) is 7.04. The van der Waals surface area contributed by atoms with Crippen LogP contribution in [0.5, 0.6) is 0 Å². The van der Waals surface area contributed by atoms with Crippen LogP contribution in [0.3, 0.4) is 0 Å². The molecule has 3 nitrogen and oxygen atoms in total. The molecule has 0 radical (unpaired) electrons. The molecule has 0 aliphatic rings. The van der Waals surface area contributed by atoms with Crippen molar-refractivity contribution < 1.29 is 22.4 Å². The van der Waals surface area contributed by atoms with Crippen molar-refractivity contribution in [1.29, 1.82) is 0 Å². The van der Waals surface area contributed by atoms with E-state index in [2.05, 4.69) is 10.5 Å². The highest BCUT2D eigenvalue weighted by Crippen LogP contribution is 2.29. The largest absolute Gasteiger partial charge is 0.416 e. The fourth-order valence-electron chi connectivity index (χ4n) is 1.80. The van der Waals surface area contributed by atoms with Gasteiger partial charge in [0.15, 0.2) is 0 Å².